The van der Waals surface area contributed by atoms with E-state index in [0.29, 0.717) is 51.2 Å². The standard InChI is InChI=1S/C19H27NO4.C18H25NO4.C11H21NO3.2C3H7I.C3H8.2C2H4I.3CO2.2V/c1-19(2,3)16-12-15(17(21)23-4)10-11-20(16)18(22)24-13-14-8-6-5-7-9-14;1-18(2,3)15-11-14(16(20)21)9-10-19(15)17(22)23-12-13-7-5-4-6-8-13;1-8-5-9(7-13)12(6-8)10(14)15-11(2,3)4;1-3(2)4;1-2-3-4;1-3-2;2*1-2-3;3*2-1-3;;/h5-9,15-16H,10-13H2,1-4H3;4-8,14-15H,9-12H2,1-3H3,(H,20,21);8-9,13H,5-7H2,1-4H3;3H,1-2H3;2-3H2,1H3;3H2,1-2H3;2*2H,1H3;;;;;/q;;;;;;2*-1;;;;;. The Bertz CT molecular complexity index is 2170. The van der Waals surface area contributed by atoms with Crippen molar-refractivity contribution in [3.8, 4) is 0 Å². The molecule has 6 atom stereocenters. The minimum absolute atomic E-state index is 0. The van der Waals surface area contributed by atoms with Gasteiger partial charge < -0.3 is 89.0 Å². The third-order valence-corrected chi connectivity index (χ3v) is 12.7. The van der Waals surface area contributed by atoms with Gasteiger partial charge in [-0.15, -0.1) is 0 Å². The Morgan fingerprint density at radius 1 is 0.644 bits per heavy atom. The summed E-state index contributed by atoms with van der Waals surface area (Å²) >= 11 is 9.02. The number of halogens is 4. The van der Waals surface area contributed by atoms with E-state index in [0.717, 1.165) is 21.5 Å². The van der Waals surface area contributed by atoms with E-state index >= 15 is 0 Å². The van der Waals surface area contributed by atoms with Crippen molar-refractivity contribution in [1.82, 2.24) is 14.7 Å². The SMILES string of the molecule is CC(C)(C)C1CC(C(=O)O)CCN1C(=O)OCc1ccccc1.CC(C)I.CC1CC(CO)N(C(=O)OC(C)(C)C)C1.CCC.CCCI.COC(=O)C1CCN(C(=O)OCc2ccccc2)C(C(C)(C)C)C1.C[CH-]I.C[CH-]I.O=C=O.O=C=O.O=C=O.[V].[V]. The molecule has 90 heavy (non-hydrogen) atoms. The van der Waals surface area contributed by atoms with Crippen LogP contribution in [-0.4, -0.2) is 139 Å². The van der Waals surface area contributed by atoms with Crippen LogP contribution in [0.25, 0.3) is 0 Å². The monoisotopic (exact) mass is 1800 g/mol. The zero-order valence-corrected chi connectivity index (χ0v) is 67.6. The van der Waals surface area contributed by atoms with Gasteiger partial charge in [-0.3, -0.25) is 18.4 Å². The maximum Gasteiger partial charge on any atom is 0.410 e. The number of nitrogens with zero attached hydrogens (tertiary/aromatic N) is 3. The van der Waals surface area contributed by atoms with Crippen LogP contribution in [0.5, 0.6) is 0 Å². The number of ether oxygens (including phenoxy) is 4. The first-order valence-corrected chi connectivity index (χ1v) is 34.1. The molecule has 3 aliphatic rings. The average molecular weight is 1800 g/mol. The van der Waals surface area contributed by atoms with E-state index < -0.39 is 17.5 Å². The van der Waals surface area contributed by atoms with Crippen molar-refractivity contribution >= 4 is 139 Å². The third kappa shape index (κ3) is 56.9. The quantitative estimate of drug-likeness (QED) is 0.0817. The van der Waals surface area contributed by atoms with Crippen molar-refractivity contribution < 1.29 is 119 Å². The first kappa shape index (κ1) is 103. The molecule has 2 aromatic carbocycles. The van der Waals surface area contributed by atoms with Gasteiger partial charge >= 0.3 is 48.7 Å². The van der Waals surface area contributed by atoms with Crippen molar-refractivity contribution in [1.29, 1.82) is 0 Å². The molecule has 0 saturated carbocycles. The Kier molecular flexibility index (Phi) is 73.3. The van der Waals surface area contributed by atoms with Crippen LogP contribution >= 0.6 is 90.4 Å². The van der Waals surface area contributed by atoms with Gasteiger partial charge in [0.2, 0.25) is 0 Å². The van der Waals surface area contributed by atoms with Crippen LogP contribution in [0.1, 0.15) is 174 Å². The van der Waals surface area contributed by atoms with Crippen molar-refractivity contribution in [3.05, 3.63) is 80.6 Å². The average Bonchev–Trinajstić information content (AvgIpc) is 1.41. The van der Waals surface area contributed by atoms with Gasteiger partial charge in [0.25, 0.3) is 0 Å². The molecule has 3 heterocycles. The Labute approximate surface area is 617 Å². The molecule has 3 aliphatic heterocycles. The molecule has 3 fully saturated rings. The number of esters is 1. The summed E-state index contributed by atoms with van der Waals surface area (Å²) in [6.45, 7) is 36.8. The number of hydrogen-bond acceptors (Lipinski definition) is 16. The molecular formula is C64H103I4N3O17V2-2. The van der Waals surface area contributed by atoms with E-state index in [1.165, 1.54) is 24.4 Å². The molecule has 516 valence electrons. The van der Waals surface area contributed by atoms with Crippen molar-refractivity contribution in [3.63, 3.8) is 0 Å². The summed E-state index contributed by atoms with van der Waals surface area (Å²) in [5, 5.41) is 18.4. The maximum atomic E-state index is 12.6. The number of carbonyl (C=O) groups is 5. The second-order valence-electron chi connectivity index (χ2n) is 22.9. The number of carboxylic acid groups (broad SMARTS) is 1. The predicted octanol–water partition coefficient (Wildman–Crippen LogP) is 15.3. The molecule has 3 saturated heterocycles. The van der Waals surface area contributed by atoms with Crippen LogP contribution < -0.4 is 0 Å². The molecule has 0 aliphatic carbocycles. The number of aliphatic hydroxyl groups excluding tert-OH is 1. The van der Waals surface area contributed by atoms with Gasteiger partial charge in [0.05, 0.1) is 31.6 Å². The van der Waals surface area contributed by atoms with Gasteiger partial charge in [-0.05, 0) is 91.6 Å². The predicted molar refractivity (Wildman–Crippen MR) is 373 cm³/mol. The Morgan fingerprint density at radius 2 is 0.956 bits per heavy atom. The van der Waals surface area contributed by atoms with Gasteiger partial charge in [0, 0.05) is 72.8 Å². The molecule has 2 N–H and O–H groups in total. The summed E-state index contributed by atoms with van der Waals surface area (Å²) < 4.78 is 27.1. The van der Waals surface area contributed by atoms with E-state index in [-0.39, 0.29) is 135 Å². The number of carbonyl (C=O) groups excluding carboxylic acids is 10. The summed E-state index contributed by atoms with van der Waals surface area (Å²) in [7, 11) is 1.41. The molecule has 2 aromatic rings. The molecule has 20 nitrogen and oxygen atoms in total. The Morgan fingerprint density at radius 3 is 1.22 bits per heavy atom. The molecule has 5 rings (SSSR count). The Hall–Kier alpha value is -2.62. The zero-order chi connectivity index (χ0) is 69.6. The van der Waals surface area contributed by atoms with Gasteiger partial charge in [-0.2, -0.15) is 42.6 Å². The van der Waals surface area contributed by atoms with E-state index in [4.69, 9.17) is 52.8 Å². The summed E-state index contributed by atoms with van der Waals surface area (Å²) in [4.78, 5) is 114. The summed E-state index contributed by atoms with van der Waals surface area (Å²) in [5.74, 6) is -1.08. The molecule has 2 radical (unpaired) electrons. The van der Waals surface area contributed by atoms with Crippen LogP contribution in [0.3, 0.4) is 0 Å². The van der Waals surface area contributed by atoms with Crippen molar-refractivity contribution in [2.75, 3.05) is 37.8 Å². The number of piperidine rings is 2. The minimum Gasteiger partial charge on any atom is -0.481 e. The number of carboxylic acids is 1. The van der Waals surface area contributed by atoms with Crippen LogP contribution in [0, 0.1) is 37.4 Å². The van der Waals surface area contributed by atoms with E-state index in [1.54, 1.807) is 14.7 Å². The van der Waals surface area contributed by atoms with Crippen LogP contribution in [-0.2, 0) is 108 Å². The zero-order valence-electron chi connectivity index (χ0n) is 56.1. The fraction of sp³-hybridized carbons (Fsp3) is 0.656. The number of hydrogen-bond donors (Lipinski definition) is 2. The van der Waals surface area contributed by atoms with Crippen LogP contribution in [0.4, 0.5) is 14.4 Å². The molecule has 6 unspecified atom stereocenters. The number of benzene rings is 2. The fourth-order valence-electron chi connectivity index (χ4n) is 8.09. The van der Waals surface area contributed by atoms with E-state index in [1.807, 2.05) is 125 Å². The Balaban J connectivity index is -0.000000156. The van der Waals surface area contributed by atoms with Crippen LogP contribution in [0.2, 0.25) is 0 Å². The number of aliphatic carboxylic acids is 1. The molecule has 0 spiro atoms. The molecule has 3 amide bonds. The van der Waals surface area contributed by atoms with Crippen molar-refractivity contribution in [2.45, 2.75) is 204 Å². The number of aliphatic hydroxyl groups is 1. The number of amides is 3. The van der Waals surface area contributed by atoms with E-state index in [2.05, 4.69) is 153 Å². The molecular weight excluding hydrogens is 1690 g/mol. The topological polar surface area (TPSA) is 275 Å². The normalized spacial score (nSPS) is 17.3. The number of methoxy groups -OCH3 is 1. The smallest absolute Gasteiger partial charge is 0.410 e. The summed E-state index contributed by atoms with van der Waals surface area (Å²) in [5.41, 5.74) is 1.09. The minimum atomic E-state index is -0.781. The van der Waals surface area contributed by atoms with Crippen molar-refractivity contribution in [2.24, 2.45) is 28.6 Å². The first-order valence-electron chi connectivity index (χ1n) is 28.9. The number of rotatable bonds is 8. The number of likely N-dealkylation sites (tertiary alicyclic amines) is 3. The number of alkyl halides is 2. The maximum absolute atomic E-state index is 12.6. The fourth-order valence-corrected chi connectivity index (χ4v) is 8.09. The summed E-state index contributed by atoms with van der Waals surface area (Å²) in [6, 6.07) is 18.9. The van der Waals surface area contributed by atoms with E-state index in [9.17, 15) is 29.1 Å². The van der Waals surface area contributed by atoms with Gasteiger partial charge in [0.15, 0.2) is 0 Å². The second-order valence-corrected chi connectivity index (χ2v) is 29.0. The summed E-state index contributed by atoms with van der Waals surface area (Å²) in [6.07, 6.45) is 5.33. The van der Waals surface area contributed by atoms with Crippen LogP contribution in [0.15, 0.2) is 60.7 Å². The molecule has 0 bridgehead atoms. The molecule has 0 aromatic heterocycles. The second kappa shape index (κ2) is 63.8. The largest absolute Gasteiger partial charge is 0.481 e. The van der Waals surface area contributed by atoms with Gasteiger partial charge in [-0.25, -0.2) is 14.4 Å². The third-order valence-electron chi connectivity index (χ3n) is 11.6. The molecule has 26 heteroatoms. The first-order chi connectivity index (χ1) is 41.1. The van der Waals surface area contributed by atoms with Gasteiger partial charge in [0.1, 0.15) is 18.8 Å². The van der Waals surface area contributed by atoms with Gasteiger partial charge in [-0.1, -0.05) is 195 Å².